The summed E-state index contributed by atoms with van der Waals surface area (Å²) in [5.41, 5.74) is 0. The average molecular weight is 98.0 g/mol. The molecule has 0 saturated heterocycles. The highest BCUT2D eigenvalue weighted by Crippen LogP contribution is 1.71. The van der Waals surface area contributed by atoms with Crippen LogP contribution in [0.2, 0.25) is 0 Å². The Morgan fingerprint density at radius 2 is 1.17 bits per heavy atom. The van der Waals surface area contributed by atoms with Crippen LogP contribution in [-0.2, 0) is 20.2 Å². The van der Waals surface area contributed by atoms with Gasteiger partial charge < -0.3 is 0 Å². The Morgan fingerprint density at radius 3 is 1.33 bits per heavy atom. The van der Waals surface area contributed by atoms with E-state index in [-0.39, 0.29) is 0 Å². The standard InChI is InChI=1S/H2O6/c1-3-5-6-4-2/h1-2H. The lowest BCUT2D eigenvalue weighted by atomic mass is 14.2. The van der Waals surface area contributed by atoms with Crippen LogP contribution in [0.1, 0.15) is 0 Å². The molecule has 0 heterocycles. The third-order valence-corrected chi connectivity index (χ3v) is 0.0886. The summed E-state index contributed by atoms with van der Waals surface area (Å²) in [5.74, 6) is 0. The van der Waals surface area contributed by atoms with Gasteiger partial charge in [0.15, 0.2) is 0 Å². The van der Waals surface area contributed by atoms with Crippen LogP contribution in [0.4, 0.5) is 0 Å². The molecular weight excluding hydrogens is 96.0 g/mol. The first-order chi connectivity index (χ1) is 2.91. The molecule has 0 aliphatic carbocycles. The Kier molecular flexibility index (Phi) is 4.57. The lowest BCUT2D eigenvalue weighted by Gasteiger charge is -1.84. The largest absolute Gasteiger partial charge is 0.219 e. The molecule has 0 saturated carbocycles. The minimum absolute atomic E-state index is 2.78. The molecule has 0 aromatic heterocycles. The summed E-state index contributed by atoms with van der Waals surface area (Å²) in [6.45, 7) is 0. The molecular formula is H2O6. The highest BCUT2D eigenvalue weighted by atomic mass is 17.8. The van der Waals surface area contributed by atoms with Gasteiger partial charge in [0.2, 0.25) is 0 Å². The van der Waals surface area contributed by atoms with E-state index in [2.05, 4.69) is 20.2 Å². The molecule has 6 nitrogen and oxygen atoms in total. The van der Waals surface area contributed by atoms with Crippen molar-refractivity contribution in [2.24, 2.45) is 0 Å². The maximum Gasteiger partial charge on any atom is -0.00277 e. The Labute approximate surface area is 32.1 Å². The van der Waals surface area contributed by atoms with E-state index in [1.54, 1.807) is 0 Å². The second-order valence-corrected chi connectivity index (χ2v) is 0.285. The van der Waals surface area contributed by atoms with E-state index in [1.807, 2.05) is 0 Å². The van der Waals surface area contributed by atoms with Crippen molar-refractivity contribution in [1.82, 2.24) is 0 Å². The van der Waals surface area contributed by atoms with Crippen LogP contribution in [0.3, 0.4) is 0 Å². The first-order valence-electron chi connectivity index (χ1n) is 0.865. The lowest BCUT2D eigenvalue weighted by molar-refractivity contribution is -0.749. The molecule has 0 radical (unpaired) electrons. The van der Waals surface area contributed by atoms with Crippen LogP contribution in [0.15, 0.2) is 0 Å². The topological polar surface area (TPSA) is 77.4 Å². The second kappa shape index (κ2) is 4.76. The molecule has 0 amide bonds. The van der Waals surface area contributed by atoms with Gasteiger partial charge in [-0.15, -0.1) is 0 Å². The molecule has 0 atom stereocenters. The Balaban J connectivity index is 2.34. The summed E-state index contributed by atoms with van der Waals surface area (Å²) in [7, 11) is 0. The van der Waals surface area contributed by atoms with Crippen LogP contribution in [0, 0.1) is 0 Å². The zero-order chi connectivity index (χ0) is 4.83. The van der Waals surface area contributed by atoms with E-state index < -0.39 is 0 Å². The summed E-state index contributed by atoms with van der Waals surface area (Å²) in [5, 5.41) is 26.0. The molecule has 0 fully saturated rings. The summed E-state index contributed by atoms with van der Waals surface area (Å²) in [6.07, 6.45) is 0. The first kappa shape index (κ1) is 5.76. The predicted molar refractivity (Wildman–Crippen MR) is 9.60 cm³/mol. The summed E-state index contributed by atoms with van der Waals surface area (Å²) < 4.78 is 0. The van der Waals surface area contributed by atoms with Crippen molar-refractivity contribution in [3.05, 3.63) is 0 Å². The fourth-order valence-electron chi connectivity index (χ4n) is 0.0248. The number of hydrogen-bond donors (Lipinski definition) is 2. The molecule has 6 heteroatoms. The quantitative estimate of drug-likeness (QED) is 0.287. The van der Waals surface area contributed by atoms with Gasteiger partial charge in [-0.2, -0.15) is 0 Å². The predicted octanol–water partition coefficient (Wildman–Crippen LogP) is -0.256. The smallest absolute Gasteiger partial charge is 0.00277 e. The molecule has 0 unspecified atom stereocenters. The molecule has 0 bridgehead atoms. The van der Waals surface area contributed by atoms with E-state index in [0.717, 1.165) is 0 Å². The third kappa shape index (κ3) is 3.76. The summed E-state index contributed by atoms with van der Waals surface area (Å²) in [6, 6.07) is 0. The van der Waals surface area contributed by atoms with Crippen LogP contribution >= 0.6 is 0 Å². The minimum atomic E-state index is 2.78. The molecule has 0 aliphatic heterocycles. The van der Waals surface area contributed by atoms with Gasteiger partial charge in [0.05, 0.1) is 0 Å². The Bertz CT molecular complexity index is 12.0. The van der Waals surface area contributed by atoms with Crippen LogP contribution in [0.25, 0.3) is 0 Å². The minimum Gasteiger partial charge on any atom is -0.219 e. The van der Waals surface area contributed by atoms with Gasteiger partial charge in [-0.05, 0) is 20.2 Å². The first-order valence-corrected chi connectivity index (χ1v) is 0.865. The molecule has 0 aromatic rings. The van der Waals surface area contributed by atoms with E-state index in [9.17, 15) is 0 Å². The number of hydrogen-bond acceptors (Lipinski definition) is 6. The molecule has 0 aromatic carbocycles. The molecule has 0 rings (SSSR count). The Hall–Kier alpha value is -0.240. The monoisotopic (exact) mass is 98.0 g/mol. The van der Waals surface area contributed by atoms with Crippen molar-refractivity contribution in [3.63, 3.8) is 0 Å². The maximum absolute atomic E-state index is 7.16. The molecule has 6 heavy (non-hydrogen) atoms. The van der Waals surface area contributed by atoms with Gasteiger partial charge in [0.1, 0.15) is 0 Å². The maximum atomic E-state index is 7.16. The molecule has 38 valence electrons. The second-order valence-electron chi connectivity index (χ2n) is 0.285. The van der Waals surface area contributed by atoms with Gasteiger partial charge in [0.25, 0.3) is 0 Å². The van der Waals surface area contributed by atoms with E-state index >= 15 is 0 Å². The van der Waals surface area contributed by atoms with Gasteiger partial charge in [-0.25, -0.2) is 10.5 Å². The number of rotatable bonds is 3. The van der Waals surface area contributed by atoms with E-state index in [4.69, 9.17) is 10.5 Å². The zero-order valence-electron chi connectivity index (χ0n) is 2.53. The van der Waals surface area contributed by atoms with Crippen LogP contribution < -0.4 is 0 Å². The average Bonchev–Trinajstić information content (AvgIpc) is 1.61. The highest BCUT2D eigenvalue weighted by Gasteiger charge is 1.77. The van der Waals surface area contributed by atoms with Crippen molar-refractivity contribution in [2.75, 3.05) is 0 Å². The normalized spacial score (nSPS) is 9.00. The van der Waals surface area contributed by atoms with Crippen molar-refractivity contribution in [2.45, 2.75) is 0 Å². The van der Waals surface area contributed by atoms with Crippen molar-refractivity contribution >= 4 is 0 Å². The van der Waals surface area contributed by atoms with Crippen LogP contribution in [-0.4, -0.2) is 10.5 Å². The fraction of sp³-hybridized carbons (Fsp3) is 0. The zero-order valence-corrected chi connectivity index (χ0v) is 2.53. The highest BCUT2D eigenvalue weighted by molar-refractivity contribution is 2.86. The molecule has 2 N–H and O–H groups in total. The fourth-order valence-corrected chi connectivity index (χ4v) is 0.0248. The molecule has 0 aliphatic rings. The van der Waals surface area contributed by atoms with E-state index in [1.165, 1.54) is 0 Å². The van der Waals surface area contributed by atoms with Gasteiger partial charge in [0, 0.05) is 0 Å². The summed E-state index contributed by atoms with van der Waals surface area (Å²) >= 11 is 0. The van der Waals surface area contributed by atoms with Gasteiger partial charge in [-0.3, -0.25) is 0 Å². The third-order valence-electron chi connectivity index (χ3n) is 0.0886. The molecule has 0 spiro atoms. The Morgan fingerprint density at radius 1 is 0.833 bits per heavy atom. The van der Waals surface area contributed by atoms with Gasteiger partial charge >= 0.3 is 0 Å². The summed E-state index contributed by atoms with van der Waals surface area (Å²) in [4.78, 5) is 0. The van der Waals surface area contributed by atoms with E-state index in [0.29, 0.717) is 0 Å². The van der Waals surface area contributed by atoms with Crippen molar-refractivity contribution in [3.8, 4) is 0 Å². The van der Waals surface area contributed by atoms with Crippen molar-refractivity contribution < 1.29 is 30.7 Å². The van der Waals surface area contributed by atoms with Crippen molar-refractivity contribution in [1.29, 1.82) is 0 Å². The SMILES string of the molecule is OOOOOO. The lowest BCUT2D eigenvalue weighted by Crippen LogP contribution is -1.90. The van der Waals surface area contributed by atoms with Crippen LogP contribution in [0.5, 0.6) is 0 Å². The van der Waals surface area contributed by atoms with Gasteiger partial charge in [-0.1, -0.05) is 0 Å².